The number of aromatic nitrogens is 3. The molecule has 0 fully saturated rings. The van der Waals surface area contributed by atoms with Crippen molar-refractivity contribution >= 4 is 34.5 Å². The highest BCUT2D eigenvalue weighted by molar-refractivity contribution is 6.34. The van der Waals surface area contributed by atoms with Crippen LogP contribution >= 0.6 is 11.6 Å². The Hall–Kier alpha value is -2.60. The van der Waals surface area contributed by atoms with Gasteiger partial charge >= 0.3 is 0 Å². The second-order valence-corrected chi connectivity index (χ2v) is 5.79. The number of fused-ring (bicyclic) bond motifs is 1. The summed E-state index contributed by atoms with van der Waals surface area (Å²) in [4.78, 5) is 18.9. The van der Waals surface area contributed by atoms with E-state index in [-0.39, 0.29) is 5.91 Å². The molecule has 0 atom stereocenters. The molecule has 3 rings (SSSR count). The molecule has 23 heavy (non-hydrogen) atoms. The minimum Gasteiger partial charge on any atom is -0.375 e. The lowest BCUT2D eigenvalue weighted by molar-refractivity contribution is 0.102. The molecule has 6 nitrogen and oxygen atoms in total. The largest absolute Gasteiger partial charge is 0.375 e. The van der Waals surface area contributed by atoms with Gasteiger partial charge in [0, 0.05) is 26.0 Å². The average Bonchev–Trinajstić information content (AvgIpc) is 2.89. The van der Waals surface area contributed by atoms with Gasteiger partial charge in [-0.2, -0.15) is 5.10 Å². The van der Waals surface area contributed by atoms with Gasteiger partial charge in [0.15, 0.2) is 5.65 Å². The van der Waals surface area contributed by atoms with E-state index in [1.807, 2.05) is 38.1 Å². The summed E-state index contributed by atoms with van der Waals surface area (Å²) in [5.74, 6) is -0.275. The van der Waals surface area contributed by atoms with Gasteiger partial charge in [0.25, 0.3) is 5.91 Å². The zero-order valence-electron chi connectivity index (χ0n) is 13.0. The molecule has 0 spiro atoms. The van der Waals surface area contributed by atoms with Crippen molar-refractivity contribution in [2.75, 3.05) is 24.3 Å². The summed E-state index contributed by atoms with van der Waals surface area (Å²) in [5, 5.41) is 7.61. The summed E-state index contributed by atoms with van der Waals surface area (Å²) in [5.41, 5.74) is 3.15. The lowest BCUT2D eigenvalue weighted by Crippen LogP contribution is -2.17. The number of hydrogen-bond donors (Lipinski definition) is 1. The number of aryl methyl sites for hydroxylation is 1. The fourth-order valence-corrected chi connectivity index (χ4v) is 2.72. The molecule has 0 saturated heterocycles. The molecule has 1 amide bonds. The van der Waals surface area contributed by atoms with Crippen molar-refractivity contribution in [2.24, 2.45) is 0 Å². The van der Waals surface area contributed by atoms with Crippen molar-refractivity contribution in [3.05, 3.63) is 52.9 Å². The minimum atomic E-state index is -0.275. The molecule has 0 aliphatic rings. The molecule has 3 aromatic rings. The van der Waals surface area contributed by atoms with E-state index in [1.165, 1.54) is 6.20 Å². The zero-order chi connectivity index (χ0) is 16.6. The summed E-state index contributed by atoms with van der Waals surface area (Å²) in [7, 11) is 3.74. The van der Waals surface area contributed by atoms with E-state index in [0.717, 1.165) is 11.4 Å². The Labute approximate surface area is 138 Å². The van der Waals surface area contributed by atoms with Crippen LogP contribution in [-0.4, -0.2) is 34.6 Å². The first-order valence-corrected chi connectivity index (χ1v) is 7.43. The number of carbonyl (C=O) groups excluding carboxylic acids is 1. The highest BCUT2D eigenvalue weighted by Crippen LogP contribution is 2.32. The number of para-hydroxylation sites is 1. The van der Waals surface area contributed by atoms with E-state index in [0.29, 0.717) is 21.9 Å². The maximum Gasteiger partial charge on any atom is 0.261 e. The van der Waals surface area contributed by atoms with Crippen LogP contribution < -0.4 is 10.2 Å². The highest BCUT2D eigenvalue weighted by atomic mass is 35.5. The molecule has 1 N–H and O–H groups in total. The van der Waals surface area contributed by atoms with E-state index in [9.17, 15) is 4.79 Å². The van der Waals surface area contributed by atoms with Gasteiger partial charge in [-0.15, -0.1) is 0 Å². The van der Waals surface area contributed by atoms with Crippen molar-refractivity contribution in [1.82, 2.24) is 14.6 Å². The van der Waals surface area contributed by atoms with Gasteiger partial charge in [-0.05, 0) is 25.1 Å². The number of nitrogens with zero attached hydrogens (tertiary/aromatic N) is 4. The van der Waals surface area contributed by atoms with Crippen LogP contribution in [0.25, 0.3) is 5.65 Å². The Kier molecular flexibility index (Phi) is 3.92. The smallest absolute Gasteiger partial charge is 0.261 e. The van der Waals surface area contributed by atoms with Crippen LogP contribution in [0.4, 0.5) is 11.4 Å². The number of amides is 1. The fraction of sp³-hybridized carbons (Fsp3) is 0.188. The SMILES string of the molecule is Cc1ccn2ncc(C(=O)Nc3cccc(Cl)c3N(C)C)c2n1. The van der Waals surface area contributed by atoms with E-state index in [1.54, 1.807) is 22.8 Å². The molecular weight excluding hydrogens is 314 g/mol. The maximum absolute atomic E-state index is 12.6. The van der Waals surface area contributed by atoms with Gasteiger partial charge in [0.2, 0.25) is 0 Å². The second-order valence-electron chi connectivity index (χ2n) is 5.38. The molecule has 0 bridgehead atoms. The van der Waals surface area contributed by atoms with Crippen LogP contribution in [0.3, 0.4) is 0 Å². The third kappa shape index (κ3) is 2.85. The Morgan fingerprint density at radius 2 is 2.09 bits per heavy atom. The van der Waals surface area contributed by atoms with E-state index in [2.05, 4.69) is 15.4 Å². The summed E-state index contributed by atoms with van der Waals surface area (Å²) in [6, 6.07) is 7.22. The van der Waals surface area contributed by atoms with Gasteiger partial charge in [0.05, 0.1) is 22.6 Å². The van der Waals surface area contributed by atoms with Crippen molar-refractivity contribution in [3.63, 3.8) is 0 Å². The molecular formula is C16H16ClN5O. The molecule has 2 heterocycles. The molecule has 0 aliphatic heterocycles. The van der Waals surface area contributed by atoms with Crippen molar-refractivity contribution in [1.29, 1.82) is 0 Å². The Morgan fingerprint density at radius 3 is 2.83 bits per heavy atom. The highest BCUT2D eigenvalue weighted by Gasteiger charge is 2.17. The molecule has 0 aliphatic carbocycles. The third-order valence-corrected chi connectivity index (χ3v) is 3.74. The number of anilines is 2. The quantitative estimate of drug-likeness (QED) is 0.802. The van der Waals surface area contributed by atoms with Crippen LogP contribution in [0.15, 0.2) is 36.7 Å². The Morgan fingerprint density at radius 1 is 1.30 bits per heavy atom. The van der Waals surface area contributed by atoms with Crippen LogP contribution in [0.2, 0.25) is 5.02 Å². The van der Waals surface area contributed by atoms with Gasteiger partial charge in [-0.25, -0.2) is 9.50 Å². The molecule has 1 aromatic carbocycles. The minimum absolute atomic E-state index is 0.275. The summed E-state index contributed by atoms with van der Waals surface area (Å²) >= 11 is 6.23. The lowest BCUT2D eigenvalue weighted by Gasteiger charge is -2.19. The first-order valence-electron chi connectivity index (χ1n) is 7.05. The first-order chi connectivity index (χ1) is 11.0. The number of nitrogens with one attached hydrogen (secondary N) is 1. The van der Waals surface area contributed by atoms with Gasteiger partial charge in [0.1, 0.15) is 5.56 Å². The van der Waals surface area contributed by atoms with Crippen LogP contribution in [0, 0.1) is 6.92 Å². The van der Waals surface area contributed by atoms with E-state index < -0.39 is 0 Å². The zero-order valence-corrected chi connectivity index (χ0v) is 13.8. The van der Waals surface area contributed by atoms with Gasteiger partial charge in [-0.3, -0.25) is 4.79 Å². The van der Waals surface area contributed by atoms with E-state index >= 15 is 0 Å². The van der Waals surface area contributed by atoms with Crippen LogP contribution in [-0.2, 0) is 0 Å². The number of halogens is 1. The van der Waals surface area contributed by atoms with Gasteiger partial charge in [-0.1, -0.05) is 17.7 Å². The predicted octanol–water partition coefficient (Wildman–Crippen LogP) is 3.01. The Bertz CT molecular complexity index is 887. The normalized spacial score (nSPS) is 10.8. The molecule has 7 heteroatoms. The van der Waals surface area contributed by atoms with Crippen LogP contribution in [0.1, 0.15) is 16.1 Å². The van der Waals surface area contributed by atoms with Crippen molar-refractivity contribution < 1.29 is 4.79 Å². The van der Waals surface area contributed by atoms with Crippen molar-refractivity contribution in [2.45, 2.75) is 6.92 Å². The van der Waals surface area contributed by atoms with E-state index in [4.69, 9.17) is 11.6 Å². The summed E-state index contributed by atoms with van der Waals surface area (Å²) in [6.07, 6.45) is 3.29. The summed E-state index contributed by atoms with van der Waals surface area (Å²) in [6.45, 7) is 1.87. The number of rotatable bonds is 3. The maximum atomic E-state index is 12.6. The lowest BCUT2D eigenvalue weighted by atomic mass is 10.2. The van der Waals surface area contributed by atoms with Crippen molar-refractivity contribution in [3.8, 4) is 0 Å². The fourth-order valence-electron chi connectivity index (χ4n) is 2.38. The topological polar surface area (TPSA) is 62.5 Å². The van der Waals surface area contributed by atoms with Gasteiger partial charge < -0.3 is 10.2 Å². The Balaban J connectivity index is 1.99. The molecule has 0 saturated carbocycles. The third-order valence-electron chi connectivity index (χ3n) is 3.44. The number of carbonyl (C=O) groups is 1. The molecule has 118 valence electrons. The number of hydrogen-bond acceptors (Lipinski definition) is 4. The second kappa shape index (κ2) is 5.89. The predicted molar refractivity (Wildman–Crippen MR) is 91.5 cm³/mol. The first kappa shape index (κ1) is 15.3. The monoisotopic (exact) mass is 329 g/mol. The molecule has 0 radical (unpaired) electrons. The molecule has 0 unspecified atom stereocenters. The number of benzene rings is 1. The molecule has 2 aromatic heterocycles. The summed E-state index contributed by atoms with van der Waals surface area (Å²) < 4.78 is 1.58. The standard InChI is InChI=1S/C16H16ClN5O/c1-10-7-8-22-15(19-10)11(9-18-22)16(23)20-13-6-4-5-12(17)14(13)21(2)3/h4-9H,1-3H3,(H,20,23). The average molecular weight is 330 g/mol. The van der Waals surface area contributed by atoms with Crippen LogP contribution in [0.5, 0.6) is 0 Å².